The Kier molecular flexibility index (Phi) is 11.1. The number of hydrogen-bond donors (Lipinski definition) is 0. The van der Waals surface area contributed by atoms with Crippen LogP contribution in [0.2, 0.25) is 0 Å². The molecule has 0 atom stereocenters. The van der Waals surface area contributed by atoms with E-state index < -0.39 is 30.1 Å². The minimum absolute atomic E-state index is 0.152. The van der Waals surface area contributed by atoms with Crippen LogP contribution in [0.3, 0.4) is 0 Å². The maximum absolute atomic E-state index is 19.5. The predicted octanol–water partition coefficient (Wildman–Crippen LogP) is 15.9. The van der Waals surface area contributed by atoms with E-state index in [4.69, 9.17) is 0 Å². The molecule has 0 unspecified atom stereocenters. The SMILES string of the molecule is CC1(C)c2c(F)c(C#N)c(N3c4ccc(-c5ccccc5)cc4[Si](c4ccccc4)(c4ccccc4)c4cc(-c5ccccc5)ccc43)c(C#N)c2C(C)(C)C12c1cc(-c3ccccc3)ccc1-c1ccc(-c3ccccc3)cc12. The molecule has 0 radical (unpaired) electrons. The maximum Gasteiger partial charge on any atom is 0.184 e. The zero-order valence-electron chi connectivity index (χ0n) is 45.0. The molecule has 0 fully saturated rings. The highest BCUT2D eigenvalue weighted by atomic mass is 28.3. The largest absolute Gasteiger partial charge is 0.308 e. The number of nitrogens with zero attached hydrogens (tertiary/aromatic N) is 3. The molecule has 11 aromatic carbocycles. The van der Waals surface area contributed by atoms with Gasteiger partial charge in [-0.15, -0.1) is 0 Å². The van der Waals surface area contributed by atoms with Gasteiger partial charge in [0, 0.05) is 33.2 Å². The summed E-state index contributed by atoms with van der Waals surface area (Å²) in [7, 11) is -3.39. The first kappa shape index (κ1) is 48.7. The molecule has 5 heteroatoms. The number of hydrogen-bond acceptors (Lipinski definition) is 3. The molecule has 3 nitrogen and oxygen atoms in total. The van der Waals surface area contributed by atoms with E-state index in [-0.39, 0.29) is 11.3 Å². The van der Waals surface area contributed by atoms with Crippen LogP contribution < -0.4 is 25.6 Å². The monoisotopic (exact) mass is 1040 g/mol. The van der Waals surface area contributed by atoms with Crippen molar-refractivity contribution >= 4 is 45.9 Å². The summed E-state index contributed by atoms with van der Waals surface area (Å²) < 4.78 is 19.5. The Bertz CT molecular complexity index is 4150. The lowest BCUT2D eigenvalue weighted by Gasteiger charge is -2.49. The lowest BCUT2D eigenvalue weighted by molar-refractivity contribution is 0.229. The number of nitriles is 2. The number of fused-ring (bicyclic) bond motifs is 8. The quantitative estimate of drug-likeness (QED) is 0.149. The number of anilines is 3. The number of rotatable bonds is 7. The molecule has 1 heterocycles. The van der Waals surface area contributed by atoms with Gasteiger partial charge in [0.1, 0.15) is 23.5 Å². The minimum Gasteiger partial charge on any atom is -0.308 e. The second-order valence-electron chi connectivity index (χ2n) is 22.7. The molecule has 0 bridgehead atoms. The Morgan fingerprint density at radius 2 is 0.713 bits per heavy atom. The molecule has 380 valence electrons. The average Bonchev–Trinajstić information content (AvgIpc) is 3.04. The van der Waals surface area contributed by atoms with Crippen LogP contribution in [0, 0.1) is 28.5 Å². The smallest absolute Gasteiger partial charge is 0.184 e. The van der Waals surface area contributed by atoms with Crippen molar-refractivity contribution in [2.75, 3.05) is 4.90 Å². The molecular formula is C75H54FN3Si. The van der Waals surface area contributed by atoms with Gasteiger partial charge in [-0.1, -0.05) is 258 Å². The molecule has 3 aliphatic rings. The van der Waals surface area contributed by atoms with E-state index in [0.717, 1.165) is 88.5 Å². The van der Waals surface area contributed by atoms with Gasteiger partial charge in [-0.05, 0) is 117 Å². The molecule has 0 amide bonds. The first-order valence-electron chi connectivity index (χ1n) is 27.5. The average molecular weight is 1040 g/mol. The standard InChI is InChI=1S/C75H54FN3Si/c1-73(2)69-61(47-77)72(62(48-78)71(76)70(69)74(3,4)75(73)63-43-53(49-23-11-5-12-24-49)35-39-59(63)60-40-36-54(44-64(60)75)50-25-13-6-14-26-50)79-65-41-37-55(51-27-15-7-16-28-51)45-67(65)80(57-31-19-9-20-32-57,58-33-21-10-22-34-58)68-46-56(38-42-66(68)79)52-29-17-8-18-30-52/h5-46H,1-4H3. The van der Waals surface area contributed by atoms with Crippen LogP contribution >= 0.6 is 0 Å². The van der Waals surface area contributed by atoms with Crippen molar-refractivity contribution < 1.29 is 4.39 Å². The first-order chi connectivity index (χ1) is 39.0. The summed E-state index contributed by atoms with van der Waals surface area (Å²) in [6.07, 6.45) is 0. The third-order valence-electron chi connectivity index (χ3n) is 18.2. The van der Waals surface area contributed by atoms with Crippen molar-refractivity contribution in [1.29, 1.82) is 10.5 Å². The Morgan fingerprint density at radius 1 is 0.375 bits per heavy atom. The van der Waals surface area contributed by atoms with Crippen LogP contribution in [0.4, 0.5) is 21.5 Å². The van der Waals surface area contributed by atoms with Crippen molar-refractivity contribution in [3.63, 3.8) is 0 Å². The van der Waals surface area contributed by atoms with E-state index in [1.807, 2.05) is 24.3 Å². The van der Waals surface area contributed by atoms with E-state index in [1.54, 1.807) is 0 Å². The topological polar surface area (TPSA) is 50.8 Å². The molecule has 80 heavy (non-hydrogen) atoms. The van der Waals surface area contributed by atoms with Gasteiger partial charge in [0.2, 0.25) is 0 Å². The second-order valence-corrected chi connectivity index (χ2v) is 26.4. The van der Waals surface area contributed by atoms with E-state index in [9.17, 15) is 10.5 Å². The van der Waals surface area contributed by atoms with E-state index in [1.165, 1.54) is 10.4 Å². The van der Waals surface area contributed by atoms with E-state index in [2.05, 4.69) is 275 Å². The molecule has 14 rings (SSSR count). The fraction of sp³-hybridized carbons (Fsp3) is 0.0933. The zero-order valence-corrected chi connectivity index (χ0v) is 46.0. The molecular weight excluding hydrogens is 990 g/mol. The van der Waals surface area contributed by atoms with Crippen molar-refractivity contribution in [3.8, 4) is 67.8 Å². The molecule has 1 spiro atoms. The van der Waals surface area contributed by atoms with Crippen molar-refractivity contribution in [2.24, 2.45) is 0 Å². The Labute approximate surface area is 468 Å². The molecule has 0 saturated heterocycles. The van der Waals surface area contributed by atoms with Crippen LogP contribution in [0.5, 0.6) is 0 Å². The van der Waals surface area contributed by atoms with Crippen LogP contribution in [0.15, 0.2) is 255 Å². The number of benzene rings is 11. The van der Waals surface area contributed by atoms with Gasteiger partial charge < -0.3 is 4.90 Å². The normalized spacial score (nSPS) is 15.2. The first-order valence-corrected chi connectivity index (χ1v) is 29.5. The Hall–Kier alpha value is -9.65. The van der Waals surface area contributed by atoms with Crippen molar-refractivity contribution in [3.05, 3.63) is 294 Å². The minimum atomic E-state index is -3.39. The van der Waals surface area contributed by atoms with Crippen LogP contribution in [0.25, 0.3) is 55.6 Å². The number of halogens is 1. The molecule has 0 saturated carbocycles. The summed E-state index contributed by atoms with van der Waals surface area (Å²) in [5, 5.41) is 28.8. The van der Waals surface area contributed by atoms with Crippen LogP contribution in [0.1, 0.15) is 61.1 Å². The fourth-order valence-electron chi connectivity index (χ4n) is 15.2. The van der Waals surface area contributed by atoms with Gasteiger partial charge >= 0.3 is 0 Å². The van der Waals surface area contributed by atoms with Crippen molar-refractivity contribution in [2.45, 2.75) is 43.9 Å². The summed E-state index contributed by atoms with van der Waals surface area (Å²) >= 11 is 0. The summed E-state index contributed by atoms with van der Waals surface area (Å²) in [4.78, 5) is 2.09. The van der Waals surface area contributed by atoms with Gasteiger partial charge in [-0.2, -0.15) is 10.5 Å². The van der Waals surface area contributed by atoms with Gasteiger partial charge in [0.15, 0.2) is 8.07 Å². The van der Waals surface area contributed by atoms with Crippen LogP contribution in [-0.4, -0.2) is 8.07 Å². The summed E-state index contributed by atoms with van der Waals surface area (Å²) in [6, 6.07) is 95.5. The van der Waals surface area contributed by atoms with E-state index in [0.29, 0.717) is 16.7 Å². The Balaban J connectivity index is 1.11. The van der Waals surface area contributed by atoms with Crippen molar-refractivity contribution in [1.82, 2.24) is 0 Å². The summed E-state index contributed by atoms with van der Waals surface area (Å²) in [5.74, 6) is -0.593. The molecule has 1 aliphatic heterocycles. The highest BCUT2D eigenvalue weighted by Crippen LogP contribution is 2.72. The lowest BCUT2D eigenvalue weighted by Crippen LogP contribution is -2.77. The maximum atomic E-state index is 19.5. The summed E-state index contributed by atoms with van der Waals surface area (Å²) in [5.41, 5.74) is 12.9. The highest BCUT2D eigenvalue weighted by molar-refractivity contribution is 7.21. The van der Waals surface area contributed by atoms with Crippen LogP contribution in [-0.2, 0) is 16.2 Å². The van der Waals surface area contributed by atoms with Gasteiger partial charge in [-0.25, -0.2) is 4.39 Å². The molecule has 11 aromatic rings. The fourth-order valence-corrected chi connectivity index (χ4v) is 20.3. The second kappa shape index (κ2) is 18.2. The van der Waals surface area contributed by atoms with Gasteiger partial charge in [-0.3, -0.25) is 0 Å². The third kappa shape index (κ3) is 6.62. The molecule has 0 N–H and O–H groups in total. The van der Waals surface area contributed by atoms with Gasteiger partial charge in [0.05, 0.1) is 11.3 Å². The lowest BCUT2D eigenvalue weighted by atomic mass is 9.52. The summed E-state index contributed by atoms with van der Waals surface area (Å²) in [6.45, 7) is 8.74. The predicted molar refractivity (Wildman–Crippen MR) is 328 cm³/mol. The molecule has 0 aromatic heterocycles. The zero-order chi connectivity index (χ0) is 54.5. The van der Waals surface area contributed by atoms with E-state index >= 15 is 4.39 Å². The Morgan fingerprint density at radius 3 is 1.09 bits per heavy atom. The highest BCUT2D eigenvalue weighted by Gasteiger charge is 2.69. The van der Waals surface area contributed by atoms with Gasteiger partial charge in [0.25, 0.3) is 0 Å². The third-order valence-corrected chi connectivity index (χ3v) is 23.1. The molecule has 2 aliphatic carbocycles.